The highest BCUT2D eigenvalue weighted by Gasteiger charge is 2.48. The summed E-state index contributed by atoms with van der Waals surface area (Å²) in [7, 11) is -0.648. The second-order valence-electron chi connectivity index (χ2n) is 10.1. The van der Waals surface area contributed by atoms with Gasteiger partial charge in [-0.1, -0.05) is 109 Å². The van der Waals surface area contributed by atoms with Gasteiger partial charge in [-0.05, 0) is 59.6 Å². The molecule has 2 nitrogen and oxygen atoms in total. The fraction of sp³-hybridized carbons (Fsp3) is 0.200. The molecule has 0 bridgehead atoms. The van der Waals surface area contributed by atoms with E-state index in [2.05, 4.69) is 103 Å². The predicted octanol–water partition coefficient (Wildman–Crippen LogP) is 2.86. The topological polar surface area (TPSA) is 29.5 Å². The quantitative estimate of drug-likeness (QED) is 0.394. The Hall–Kier alpha value is -2.92. The lowest BCUT2D eigenvalue weighted by Crippen LogP contribution is -2.72. The zero-order valence-electron chi connectivity index (χ0n) is 20.2. The predicted molar refractivity (Wildman–Crippen MR) is 146 cm³/mol. The van der Waals surface area contributed by atoms with Crippen LogP contribution in [0.15, 0.2) is 103 Å². The van der Waals surface area contributed by atoms with Crippen LogP contribution in [0.25, 0.3) is 11.1 Å². The first-order chi connectivity index (χ1) is 16.2. The van der Waals surface area contributed by atoms with Crippen molar-refractivity contribution in [3.8, 4) is 11.1 Å². The van der Waals surface area contributed by atoms with Crippen LogP contribution >= 0.6 is 0 Å². The van der Waals surface area contributed by atoms with Crippen molar-refractivity contribution >= 4 is 41.8 Å². The molecule has 1 N–H and O–H groups in total. The third kappa shape index (κ3) is 3.58. The molecule has 0 amide bonds. The first kappa shape index (κ1) is 22.9. The molecule has 0 atom stereocenters. The molecule has 0 saturated carbocycles. The summed E-state index contributed by atoms with van der Waals surface area (Å²) >= 11 is 0. The summed E-state index contributed by atoms with van der Waals surface area (Å²) in [6.45, 7) is 7.38. The number of benzene rings is 4. The van der Waals surface area contributed by atoms with Gasteiger partial charge >= 0.3 is 7.48 Å². The van der Waals surface area contributed by atoms with Crippen LogP contribution in [0.4, 0.5) is 0 Å². The summed E-state index contributed by atoms with van der Waals surface area (Å²) in [5.74, 6) is 0. The van der Waals surface area contributed by atoms with Crippen LogP contribution in [0.3, 0.4) is 0 Å². The highest BCUT2D eigenvalue weighted by atomic mass is 28.3. The third-order valence-corrected chi connectivity index (χ3v) is 12.3. The van der Waals surface area contributed by atoms with Crippen LogP contribution in [-0.2, 0) is 4.65 Å². The van der Waals surface area contributed by atoms with Gasteiger partial charge in [0, 0.05) is 0 Å². The smallest absolute Gasteiger partial charge is 0.330 e. The van der Waals surface area contributed by atoms with Crippen molar-refractivity contribution < 1.29 is 9.76 Å². The van der Waals surface area contributed by atoms with Gasteiger partial charge in [-0.25, -0.2) is 0 Å². The molecule has 1 aliphatic rings. The van der Waals surface area contributed by atoms with Gasteiger partial charge in [-0.3, -0.25) is 0 Å². The van der Waals surface area contributed by atoms with Crippen molar-refractivity contribution in [1.82, 2.24) is 0 Å². The van der Waals surface area contributed by atoms with Crippen LogP contribution in [0, 0.1) is 0 Å². The standard InChI is InChI=1S/C30H30BO2Si/c1-29(2,32)30(3,4)33-31-22-19-20-28-26(21-22)25-17-11-12-18-27(25)34(28,23-13-7-5-8-14-23)24-15-9-6-10-16-24/h5-21,32H,1-4H3. The minimum Gasteiger partial charge on any atom is -0.427 e. The SMILES string of the molecule is CC(C)(O)C(C)(C)O[B]c1ccc2c(c1)-c1ccccc1[Si]2(c1ccccc1)c1ccccc1. The third-order valence-electron chi connectivity index (χ3n) is 7.45. The van der Waals surface area contributed by atoms with Gasteiger partial charge in [0.25, 0.3) is 0 Å². The van der Waals surface area contributed by atoms with Gasteiger partial charge in [-0.15, -0.1) is 0 Å². The number of hydrogen-bond donors (Lipinski definition) is 1. The molecule has 4 aromatic rings. The molecule has 1 aliphatic heterocycles. The minimum atomic E-state index is -2.43. The van der Waals surface area contributed by atoms with E-state index < -0.39 is 19.3 Å². The molecule has 0 fully saturated rings. The summed E-state index contributed by atoms with van der Waals surface area (Å²) in [5.41, 5.74) is 1.89. The van der Waals surface area contributed by atoms with Crippen molar-refractivity contribution in [3.63, 3.8) is 0 Å². The van der Waals surface area contributed by atoms with Crippen LogP contribution in [0.2, 0.25) is 0 Å². The molecule has 0 unspecified atom stereocenters. The van der Waals surface area contributed by atoms with E-state index in [1.807, 2.05) is 13.8 Å². The summed E-state index contributed by atoms with van der Waals surface area (Å²) in [6, 6.07) is 37.5. The van der Waals surface area contributed by atoms with E-state index in [0.29, 0.717) is 0 Å². The zero-order valence-corrected chi connectivity index (χ0v) is 21.2. The van der Waals surface area contributed by atoms with Crippen LogP contribution < -0.4 is 26.2 Å². The lowest BCUT2D eigenvalue weighted by Gasteiger charge is -2.37. The van der Waals surface area contributed by atoms with E-state index in [-0.39, 0.29) is 0 Å². The first-order valence-electron chi connectivity index (χ1n) is 11.8. The number of hydrogen-bond acceptors (Lipinski definition) is 2. The summed E-state index contributed by atoms with van der Waals surface area (Å²) in [6.07, 6.45) is 0. The Morgan fingerprint density at radius 1 is 0.647 bits per heavy atom. The Labute approximate surface area is 204 Å². The van der Waals surface area contributed by atoms with E-state index in [1.54, 1.807) is 21.3 Å². The minimum absolute atomic E-state index is 0.712. The van der Waals surface area contributed by atoms with Gasteiger partial charge in [0.1, 0.15) is 0 Å². The monoisotopic (exact) mass is 461 g/mol. The molecule has 4 aromatic carbocycles. The van der Waals surface area contributed by atoms with Crippen molar-refractivity contribution in [1.29, 1.82) is 0 Å². The maximum Gasteiger partial charge on any atom is 0.330 e. The average Bonchev–Trinajstić information content (AvgIpc) is 3.14. The highest BCUT2D eigenvalue weighted by Crippen LogP contribution is 2.28. The molecular weight excluding hydrogens is 431 g/mol. The number of rotatable bonds is 6. The van der Waals surface area contributed by atoms with Gasteiger partial charge in [0.15, 0.2) is 8.07 Å². The normalized spacial score (nSPS) is 14.4. The molecule has 0 aliphatic carbocycles. The fourth-order valence-electron chi connectivity index (χ4n) is 4.90. The van der Waals surface area contributed by atoms with E-state index in [9.17, 15) is 5.11 Å². The van der Waals surface area contributed by atoms with Crippen LogP contribution in [-0.4, -0.2) is 31.9 Å². The first-order valence-corrected chi connectivity index (χ1v) is 13.8. The largest absolute Gasteiger partial charge is 0.427 e. The average molecular weight is 461 g/mol. The maximum absolute atomic E-state index is 10.5. The van der Waals surface area contributed by atoms with Gasteiger partial charge in [0.05, 0.1) is 11.2 Å². The fourth-order valence-corrected chi connectivity index (χ4v) is 10.1. The number of fused-ring (bicyclic) bond motifs is 3. The van der Waals surface area contributed by atoms with E-state index in [0.717, 1.165) is 5.46 Å². The van der Waals surface area contributed by atoms with Crippen molar-refractivity contribution in [3.05, 3.63) is 103 Å². The zero-order chi connectivity index (χ0) is 24.0. The van der Waals surface area contributed by atoms with Crippen LogP contribution in [0.5, 0.6) is 0 Å². The Balaban J connectivity index is 1.69. The van der Waals surface area contributed by atoms with Crippen LogP contribution in [0.1, 0.15) is 27.7 Å². The Bertz CT molecular complexity index is 1270. The van der Waals surface area contributed by atoms with Crippen molar-refractivity contribution in [2.45, 2.75) is 38.9 Å². The second kappa shape index (κ2) is 8.39. The molecule has 4 heteroatoms. The molecule has 0 saturated heterocycles. The van der Waals surface area contributed by atoms with E-state index in [1.165, 1.54) is 31.9 Å². The van der Waals surface area contributed by atoms with E-state index >= 15 is 0 Å². The van der Waals surface area contributed by atoms with Crippen molar-refractivity contribution in [2.75, 3.05) is 0 Å². The second-order valence-corrected chi connectivity index (χ2v) is 13.9. The maximum atomic E-state index is 10.5. The Morgan fingerprint density at radius 2 is 1.18 bits per heavy atom. The van der Waals surface area contributed by atoms with Gasteiger partial charge in [-0.2, -0.15) is 0 Å². The molecule has 34 heavy (non-hydrogen) atoms. The lowest BCUT2D eigenvalue weighted by atomic mass is 9.81. The molecule has 169 valence electrons. The summed E-state index contributed by atoms with van der Waals surface area (Å²) in [4.78, 5) is 0. The highest BCUT2D eigenvalue weighted by molar-refractivity contribution is 7.22. The Kier molecular flexibility index (Phi) is 5.64. The molecule has 0 aromatic heterocycles. The number of aliphatic hydroxyl groups is 1. The summed E-state index contributed by atoms with van der Waals surface area (Å²) in [5, 5.41) is 16.1. The molecular formula is C30H30BO2Si. The lowest BCUT2D eigenvalue weighted by molar-refractivity contribution is -0.0893. The molecule has 1 radical (unpaired) electrons. The van der Waals surface area contributed by atoms with Crippen molar-refractivity contribution in [2.24, 2.45) is 0 Å². The molecule has 1 heterocycles. The van der Waals surface area contributed by atoms with Gasteiger partial charge < -0.3 is 9.76 Å². The molecule has 0 spiro atoms. The Morgan fingerprint density at radius 3 is 1.76 bits per heavy atom. The summed E-state index contributed by atoms with van der Waals surface area (Å²) < 4.78 is 6.09. The van der Waals surface area contributed by atoms with E-state index in [4.69, 9.17) is 4.65 Å². The molecule has 5 rings (SSSR count). The van der Waals surface area contributed by atoms with Gasteiger partial charge in [0.2, 0.25) is 0 Å².